The van der Waals surface area contributed by atoms with E-state index in [0.717, 1.165) is 32.1 Å². The van der Waals surface area contributed by atoms with Gasteiger partial charge in [-0.1, -0.05) is 40.0 Å². The van der Waals surface area contributed by atoms with Crippen molar-refractivity contribution in [2.24, 2.45) is 5.41 Å². The maximum absolute atomic E-state index is 13.9. The Balaban J connectivity index is 1.70. The van der Waals surface area contributed by atoms with Crippen LogP contribution in [0.2, 0.25) is 0 Å². The molecule has 3 fully saturated rings. The molecule has 1 aliphatic heterocycles. The number of Topliss-reactive ketones (excluding diaryl/α,β-unsaturated/α-hetero) is 1. The molecule has 3 aliphatic rings. The molecule has 14 heteroatoms. The molecular formula is C30H52N6O7S. The van der Waals surface area contributed by atoms with E-state index in [4.69, 9.17) is 0 Å². The lowest BCUT2D eigenvalue weighted by Crippen LogP contribution is -2.63. The molecular weight excluding hydrogens is 588 g/mol. The number of rotatable bonds is 11. The Kier molecular flexibility index (Phi) is 11.1. The third kappa shape index (κ3) is 9.38. The molecule has 3 rings (SSSR count). The van der Waals surface area contributed by atoms with Crippen molar-refractivity contribution < 1.29 is 32.4 Å². The fourth-order valence-electron chi connectivity index (χ4n) is 5.78. The number of carbonyl (C=O) groups is 5. The quantitative estimate of drug-likeness (QED) is 0.247. The molecule has 44 heavy (non-hydrogen) atoms. The van der Waals surface area contributed by atoms with Gasteiger partial charge in [-0.3, -0.25) is 19.2 Å². The minimum Gasteiger partial charge on any atom is -0.347 e. The zero-order valence-corrected chi connectivity index (χ0v) is 28.2. The van der Waals surface area contributed by atoms with E-state index in [9.17, 15) is 32.4 Å². The predicted molar refractivity (Wildman–Crippen MR) is 166 cm³/mol. The fourth-order valence-corrected chi connectivity index (χ4v) is 7.87. The van der Waals surface area contributed by atoms with Crippen molar-refractivity contribution in [3.8, 4) is 0 Å². The van der Waals surface area contributed by atoms with Gasteiger partial charge in [0, 0.05) is 25.2 Å². The monoisotopic (exact) mass is 640 g/mol. The number of ketones is 1. The highest BCUT2D eigenvalue weighted by Gasteiger charge is 2.45. The molecule has 0 bridgehead atoms. The first-order chi connectivity index (χ1) is 20.3. The number of nitrogens with zero attached hydrogens (tertiary/aromatic N) is 2. The summed E-state index contributed by atoms with van der Waals surface area (Å²) in [5.74, 6) is -2.71. The summed E-state index contributed by atoms with van der Waals surface area (Å²) < 4.78 is 28.1. The second-order valence-corrected chi connectivity index (χ2v) is 16.7. The smallest absolute Gasteiger partial charge is 0.315 e. The molecule has 1 heterocycles. The minimum absolute atomic E-state index is 0.0198. The van der Waals surface area contributed by atoms with Gasteiger partial charge in [-0.15, -0.1) is 0 Å². The summed E-state index contributed by atoms with van der Waals surface area (Å²) in [6, 6.07) is -2.48. The number of hydrogen-bond donors (Lipinski definition) is 4. The zero-order chi connectivity index (χ0) is 33.1. The largest absolute Gasteiger partial charge is 0.347 e. The Hall–Kier alpha value is -2.74. The third-order valence-electron chi connectivity index (χ3n) is 8.83. The van der Waals surface area contributed by atoms with Gasteiger partial charge < -0.3 is 26.2 Å². The second-order valence-electron chi connectivity index (χ2n) is 14.7. The first kappa shape index (κ1) is 35.7. The molecule has 0 spiro atoms. The van der Waals surface area contributed by atoms with Gasteiger partial charge in [0.05, 0.1) is 17.8 Å². The van der Waals surface area contributed by atoms with Gasteiger partial charge in [-0.25, -0.2) is 13.2 Å². The van der Waals surface area contributed by atoms with E-state index in [1.165, 1.54) is 9.21 Å². The number of amides is 5. The number of urea groups is 1. The second kappa shape index (κ2) is 13.7. The zero-order valence-electron chi connectivity index (χ0n) is 27.4. The van der Waals surface area contributed by atoms with Crippen LogP contribution in [0.1, 0.15) is 99.3 Å². The fraction of sp³-hybridized carbons (Fsp3) is 0.833. The lowest BCUT2D eigenvalue weighted by atomic mass is 9.83. The first-order valence-electron chi connectivity index (χ1n) is 15.7. The maximum Gasteiger partial charge on any atom is 0.315 e. The third-order valence-corrected chi connectivity index (χ3v) is 11.1. The number of sulfonamides is 1. The predicted octanol–water partition coefficient (Wildman–Crippen LogP) is 1.42. The van der Waals surface area contributed by atoms with Crippen molar-refractivity contribution in [2.45, 2.75) is 129 Å². The van der Waals surface area contributed by atoms with Crippen LogP contribution in [0.4, 0.5) is 4.79 Å². The van der Waals surface area contributed by atoms with Gasteiger partial charge in [-0.2, -0.15) is 4.31 Å². The van der Waals surface area contributed by atoms with Gasteiger partial charge in [0.15, 0.2) is 0 Å². The molecule has 13 nitrogen and oxygen atoms in total. The van der Waals surface area contributed by atoms with Gasteiger partial charge in [0.1, 0.15) is 12.1 Å². The summed E-state index contributed by atoms with van der Waals surface area (Å²) in [4.78, 5) is 66.0. The molecule has 5 amide bonds. The Morgan fingerprint density at radius 2 is 1.55 bits per heavy atom. The molecule has 0 aromatic rings. The lowest BCUT2D eigenvalue weighted by Gasteiger charge is -2.41. The standard InChI is InChI=1S/C30H52N6O7S/c1-28(2,3)23(26(40)36-17-11-12-21(36)24(38)31-18-22(37)25(39)32-20-13-14-20)33-27(41)34-30(15-9-8-10-16-30)19-44(42,43)35(7)29(4,5)6/h20-21,23H,8-19H2,1-7H3,(H,31,38)(H,32,39)(H2,33,34,41)/t21-,23+/m0/s1. The van der Waals surface area contributed by atoms with Crippen molar-refractivity contribution in [1.29, 1.82) is 0 Å². The number of hydrogen-bond acceptors (Lipinski definition) is 7. The van der Waals surface area contributed by atoms with Crippen molar-refractivity contribution in [3.63, 3.8) is 0 Å². The average molecular weight is 641 g/mol. The molecule has 2 aliphatic carbocycles. The molecule has 4 N–H and O–H groups in total. The summed E-state index contributed by atoms with van der Waals surface area (Å²) in [7, 11) is -2.18. The molecule has 0 aromatic heterocycles. The summed E-state index contributed by atoms with van der Waals surface area (Å²) in [6.45, 7) is 10.7. The molecule has 2 saturated carbocycles. The molecule has 0 aromatic carbocycles. The summed E-state index contributed by atoms with van der Waals surface area (Å²) in [5, 5.41) is 10.9. The first-order valence-corrected chi connectivity index (χ1v) is 17.3. The van der Waals surface area contributed by atoms with E-state index in [2.05, 4.69) is 21.3 Å². The van der Waals surface area contributed by atoms with Crippen LogP contribution in [0.25, 0.3) is 0 Å². The number of carbonyl (C=O) groups excluding carboxylic acids is 5. The SMILES string of the molecule is CN(C(C)(C)C)S(=O)(=O)CC1(NC(=O)N[C@H](C(=O)N2CCC[C@H]2C(=O)NCC(=O)C(=O)NC2CC2)C(C)(C)C)CCCCC1. The Labute approximate surface area is 262 Å². The van der Waals surface area contributed by atoms with Crippen LogP contribution in [-0.2, 0) is 29.2 Å². The topological polar surface area (TPSA) is 174 Å². The van der Waals surface area contributed by atoms with E-state index >= 15 is 0 Å². The van der Waals surface area contributed by atoms with Crippen LogP contribution >= 0.6 is 0 Å². The van der Waals surface area contributed by atoms with E-state index < -0.39 is 74.7 Å². The van der Waals surface area contributed by atoms with Crippen LogP contribution in [0.5, 0.6) is 0 Å². The highest BCUT2D eigenvalue weighted by atomic mass is 32.2. The molecule has 250 valence electrons. The molecule has 0 unspecified atom stereocenters. The van der Waals surface area contributed by atoms with Crippen LogP contribution < -0.4 is 21.3 Å². The van der Waals surface area contributed by atoms with Crippen LogP contribution in [0.3, 0.4) is 0 Å². The van der Waals surface area contributed by atoms with E-state index in [-0.39, 0.29) is 11.8 Å². The molecule has 1 saturated heterocycles. The highest BCUT2D eigenvalue weighted by molar-refractivity contribution is 7.89. The number of likely N-dealkylation sites (tertiary alicyclic amines) is 1. The number of nitrogens with one attached hydrogen (secondary N) is 4. The van der Waals surface area contributed by atoms with E-state index in [1.54, 1.807) is 27.8 Å². The van der Waals surface area contributed by atoms with Crippen molar-refractivity contribution >= 4 is 39.6 Å². The van der Waals surface area contributed by atoms with Crippen LogP contribution in [0, 0.1) is 5.41 Å². The van der Waals surface area contributed by atoms with Crippen LogP contribution in [-0.4, -0.2) is 102 Å². The van der Waals surface area contributed by atoms with Crippen molar-refractivity contribution in [2.75, 3.05) is 25.9 Å². The Morgan fingerprint density at radius 3 is 2.09 bits per heavy atom. The van der Waals surface area contributed by atoms with Gasteiger partial charge in [0.25, 0.3) is 5.91 Å². The minimum atomic E-state index is -3.72. The summed E-state index contributed by atoms with van der Waals surface area (Å²) >= 11 is 0. The normalized spacial score (nSPS) is 21.4. The Morgan fingerprint density at radius 1 is 0.932 bits per heavy atom. The summed E-state index contributed by atoms with van der Waals surface area (Å²) in [6.07, 6.45) is 6.09. The molecule has 2 atom stereocenters. The average Bonchev–Trinajstić information content (AvgIpc) is 3.58. The van der Waals surface area contributed by atoms with Gasteiger partial charge in [-0.05, 0) is 64.7 Å². The van der Waals surface area contributed by atoms with Gasteiger partial charge >= 0.3 is 6.03 Å². The van der Waals surface area contributed by atoms with E-state index in [1.807, 2.05) is 20.8 Å². The van der Waals surface area contributed by atoms with Gasteiger partial charge in [0.2, 0.25) is 27.6 Å². The molecule has 0 radical (unpaired) electrons. The maximum atomic E-state index is 13.9. The summed E-state index contributed by atoms with van der Waals surface area (Å²) in [5.41, 5.74) is -2.36. The Bertz CT molecular complexity index is 1210. The highest BCUT2D eigenvalue weighted by Crippen LogP contribution is 2.32. The lowest BCUT2D eigenvalue weighted by molar-refractivity contribution is -0.142. The van der Waals surface area contributed by atoms with Crippen molar-refractivity contribution in [3.05, 3.63) is 0 Å². The van der Waals surface area contributed by atoms with Crippen molar-refractivity contribution in [1.82, 2.24) is 30.5 Å². The van der Waals surface area contributed by atoms with Crippen LogP contribution in [0.15, 0.2) is 0 Å². The van der Waals surface area contributed by atoms with E-state index in [0.29, 0.717) is 32.2 Å².